The summed E-state index contributed by atoms with van der Waals surface area (Å²) >= 11 is 7.47. The highest BCUT2D eigenvalue weighted by molar-refractivity contribution is 8.19. The molecule has 144 valence electrons. The summed E-state index contributed by atoms with van der Waals surface area (Å²) in [5.41, 5.74) is 2.15. The Morgan fingerprint density at radius 2 is 1.83 bits per heavy atom. The van der Waals surface area contributed by atoms with Crippen molar-refractivity contribution >= 4 is 51.9 Å². The standard InChI is InChI=1S/C22H16ClN3O2S/c1-28-17-11-9-15(10-12-17)14-19-21(27)26(16-6-3-2-4-7-16)22(29-19)25-18-8-5-13-24-20(18)23/h2-14H,1H3/b19-14-,25-22?. The number of rotatable bonds is 4. The number of benzene rings is 2. The molecule has 0 saturated carbocycles. The van der Waals surface area contributed by atoms with Gasteiger partial charge in [0.2, 0.25) is 0 Å². The highest BCUT2D eigenvalue weighted by atomic mass is 35.5. The first-order valence-corrected chi connectivity index (χ1v) is 9.97. The van der Waals surface area contributed by atoms with Crippen LogP contribution in [0.4, 0.5) is 11.4 Å². The molecule has 2 aromatic carbocycles. The van der Waals surface area contributed by atoms with E-state index in [1.165, 1.54) is 11.8 Å². The van der Waals surface area contributed by atoms with E-state index in [4.69, 9.17) is 16.3 Å². The average Bonchev–Trinajstić information content (AvgIpc) is 3.05. The van der Waals surface area contributed by atoms with Gasteiger partial charge in [0.1, 0.15) is 11.4 Å². The van der Waals surface area contributed by atoms with Crippen LogP contribution in [0.5, 0.6) is 5.75 Å². The van der Waals surface area contributed by atoms with Crippen LogP contribution < -0.4 is 9.64 Å². The number of anilines is 1. The smallest absolute Gasteiger partial charge is 0.271 e. The molecule has 1 aliphatic rings. The van der Waals surface area contributed by atoms with E-state index in [1.807, 2.05) is 60.7 Å². The minimum absolute atomic E-state index is 0.143. The number of amidine groups is 1. The average molecular weight is 422 g/mol. The van der Waals surface area contributed by atoms with Gasteiger partial charge in [-0.1, -0.05) is 41.9 Å². The molecule has 0 spiro atoms. The van der Waals surface area contributed by atoms with Crippen LogP contribution in [0.2, 0.25) is 5.15 Å². The minimum atomic E-state index is -0.143. The van der Waals surface area contributed by atoms with E-state index < -0.39 is 0 Å². The molecular formula is C22H16ClN3O2S. The van der Waals surface area contributed by atoms with Crippen LogP contribution in [0.25, 0.3) is 6.08 Å². The lowest BCUT2D eigenvalue weighted by Crippen LogP contribution is -2.28. The summed E-state index contributed by atoms with van der Waals surface area (Å²) in [4.78, 5) is 24.0. The quantitative estimate of drug-likeness (QED) is 0.409. The summed E-state index contributed by atoms with van der Waals surface area (Å²) in [6, 6.07) is 20.4. The highest BCUT2D eigenvalue weighted by Crippen LogP contribution is 2.38. The van der Waals surface area contributed by atoms with Crippen LogP contribution in [0, 0.1) is 0 Å². The monoisotopic (exact) mass is 421 g/mol. The van der Waals surface area contributed by atoms with Crippen molar-refractivity contribution < 1.29 is 9.53 Å². The minimum Gasteiger partial charge on any atom is -0.497 e. The molecule has 5 nitrogen and oxygen atoms in total. The first-order valence-electron chi connectivity index (χ1n) is 8.78. The van der Waals surface area contributed by atoms with E-state index in [2.05, 4.69) is 9.98 Å². The molecule has 3 aromatic rings. The van der Waals surface area contributed by atoms with Crippen molar-refractivity contribution in [3.05, 3.63) is 88.5 Å². The van der Waals surface area contributed by atoms with Gasteiger partial charge in [0.05, 0.1) is 17.7 Å². The summed E-state index contributed by atoms with van der Waals surface area (Å²) in [5, 5.41) is 0.810. The zero-order valence-corrected chi connectivity index (χ0v) is 17.0. The van der Waals surface area contributed by atoms with Crippen LogP contribution >= 0.6 is 23.4 Å². The molecule has 29 heavy (non-hydrogen) atoms. The van der Waals surface area contributed by atoms with Crippen molar-refractivity contribution in [3.63, 3.8) is 0 Å². The van der Waals surface area contributed by atoms with Gasteiger partial charge in [0.15, 0.2) is 10.3 Å². The summed E-state index contributed by atoms with van der Waals surface area (Å²) in [6.07, 6.45) is 3.44. The van der Waals surface area contributed by atoms with Gasteiger partial charge in [-0.2, -0.15) is 0 Å². The van der Waals surface area contributed by atoms with Gasteiger partial charge >= 0.3 is 0 Å². The Labute approximate surface area is 177 Å². The number of carbonyl (C=O) groups excluding carboxylic acids is 1. The third kappa shape index (κ3) is 4.18. The highest BCUT2D eigenvalue weighted by Gasteiger charge is 2.34. The van der Waals surface area contributed by atoms with E-state index in [9.17, 15) is 4.79 Å². The molecule has 1 saturated heterocycles. The number of thioether (sulfide) groups is 1. The van der Waals surface area contributed by atoms with Gasteiger partial charge in [-0.3, -0.25) is 9.69 Å². The molecule has 2 heterocycles. The Morgan fingerprint density at radius 3 is 2.52 bits per heavy atom. The van der Waals surface area contributed by atoms with E-state index in [0.717, 1.165) is 17.0 Å². The van der Waals surface area contributed by atoms with Crippen LogP contribution in [0.1, 0.15) is 5.56 Å². The number of ether oxygens (including phenoxy) is 1. The number of hydrogen-bond donors (Lipinski definition) is 0. The zero-order valence-electron chi connectivity index (χ0n) is 15.4. The third-order valence-electron chi connectivity index (χ3n) is 4.19. The Hall–Kier alpha value is -3.09. The van der Waals surface area contributed by atoms with E-state index >= 15 is 0 Å². The molecule has 1 fully saturated rings. The zero-order chi connectivity index (χ0) is 20.2. The predicted molar refractivity (Wildman–Crippen MR) is 119 cm³/mol. The van der Waals surface area contributed by atoms with Crippen LogP contribution in [-0.2, 0) is 4.79 Å². The molecule has 0 unspecified atom stereocenters. The second-order valence-electron chi connectivity index (χ2n) is 6.07. The lowest BCUT2D eigenvalue weighted by molar-refractivity contribution is -0.113. The number of hydrogen-bond acceptors (Lipinski definition) is 5. The summed E-state index contributed by atoms with van der Waals surface area (Å²) < 4.78 is 5.19. The second-order valence-corrected chi connectivity index (χ2v) is 7.43. The van der Waals surface area contributed by atoms with Gasteiger partial charge in [0.25, 0.3) is 5.91 Å². The van der Waals surface area contributed by atoms with Crippen molar-refractivity contribution in [2.45, 2.75) is 0 Å². The molecule has 1 aromatic heterocycles. The number of aromatic nitrogens is 1. The fourth-order valence-corrected chi connectivity index (χ4v) is 3.92. The Kier molecular flexibility index (Phi) is 5.64. The maximum absolute atomic E-state index is 13.2. The fourth-order valence-electron chi connectivity index (χ4n) is 2.77. The van der Waals surface area contributed by atoms with Crippen molar-refractivity contribution in [1.29, 1.82) is 0 Å². The Balaban J connectivity index is 1.75. The number of para-hydroxylation sites is 1. The molecule has 1 aliphatic heterocycles. The van der Waals surface area contributed by atoms with E-state index in [1.54, 1.807) is 30.3 Å². The molecule has 4 rings (SSSR count). The van der Waals surface area contributed by atoms with Crippen LogP contribution in [0.3, 0.4) is 0 Å². The number of aliphatic imine (C=N–C) groups is 1. The normalized spacial score (nSPS) is 16.6. The first kappa shape index (κ1) is 19.2. The number of methoxy groups -OCH3 is 1. The van der Waals surface area contributed by atoms with Crippen molar-refractivity contribution in [3.8, 4) is 5.75 Å². The lowest BCUT2D eigenvalue weighted by Gasteiger charge is -2.15. The maximum Gasteiger partial charge on any atom is 0.271 e. The molecule has 0 aliphatic carbocycles. The van der Waals surface area contributed by atoms with Gasteiger partial charge in [-0.15, -0.1) is 0 Å². The molecule has 1 amide bonds. The van der Waals surface area contributed by atoms with E-state index in [-0.39, 0.29) is 11.1 Å². The number of carbonyl (C=O) groups is 1. The largest absolute Gasteiger partial charge is 0.497 e. The van der Waals surface area contributed by atoms with Gasteiger partial charge in [0, 0.05) is 6.20 Å². The maximum atomic E-state index is 13.2. The first-order chi connectivity index (χ1) is 14.2. The topological polar surface area (TPSA) is 54.8 Å². The Morgan fingerprint density at radius 1 is 1.07 bits per heavy atom. The van der Waals surface area contributed by atoms with Crippen molar-refractivity contribution in [2.24, 2.45) is 4.99 Å². The number of amides is 1. The lowest BCUT2D eigenvalue weighted by atomic mass is 10.2. The number of nitrogens with zero attached hydrogens (tertiary/aromatic N) is 3. The van der Waals surface area contributed by atoms with Crippen molar-refractivity contribution in [1.82, 2.24) is 4.98 Å². The SMILES string of the molecule is COc1ccc(/C=C2\SC(=Nc3cccnc3Cl)N(c3ccccc3)C2=O)cc1. The van der Waals surface area contributed by atoms with Gasteiger partial charge in [-0.25, -0.2) is 9.98 Å². The molecule has 0 atom stereocenters. The fraction of sp³-hybridized carbons (Fsp3) is 0.0455. The summed E-state index contributed by atoms with van der Waals surface area (Å²) in [7, 11) is 1.62. The third-order valence-corrected chi connectivity index (χ3v) is 5.45. The number of pyridine rings is 1. The summed E-state index contributed by atoms with van der Waals surface area (Å²) in [6.45, 7) is 0. The van der Waals surface area contributed by atoms with Gasteiger partial charge in [-0.05, 0) is 59.8 Å². The van der Waals surface area contributed by atoms with Crippen LogP contribution in [0.15, 0.2) is 82.8 Å². The van der Waals surface area contributed by atoms with Crippen LogP contribution in [-0.4, -0.2) is 23.2 Å². The molecule has 0 radical (unpaired) electrons. The molecule has 0 N–H and O–H groups in total. The molecular weight excluding hydrogens is 406 g/mol. The predicted octanol–water partition coefficient (Wildman–Crippen LogP) is 5.55. The summed E-state index contributed by atoms with van der Waals surface area (Å²) in [5.74, 6) is 0.618. The van der Waals surface area contributed by atoms with E-state index in [0.29, 0.717) is 15.8 Å². The Bertz CT molecular complexity index is 1100. The molecule has 0 bridgehead atoms. The van der Waals surface area contributed by atoms with Gasteiger partial charge < -0.3 is 4.74 Å². The van der Waals surface area contributed by atoms with Crippen molar-refractivity contribution in [2.75, 3.05) is 12.0 Å². The second kappa shape index (κ2) is 8.51. The number of halogens is 1. The molecule has 7 heteroatoms.